The molecule has 0 radical (unpaired) electrons. The van der Waals surface area contributed by atoms with Gasteiger partial charge in [-0.25, -0.2) is 0 Å². The summed E-state index contributed by atoms with van der Waals surface area (Å²) in [6, 6.07) is 7.74. The first-order valence-corrected chi connectivity index (χ1v) is 12.4. The van der Waals surface area contributed by atoms with Crippen LogP contribution in [0.25, 0.3) is 0 Å². The second-order valence-corrected chi connectivity index (χ2v) is 9.16. The van der Waals surface area contributed by atoms with Gasteiger partial charge in [0.25, 0.3) is 0 Å². The summed E-state index contributed by atoms with van der Waals surface area (Å²) in [5.41, 5.74) is 1.06. The molecule has 0 bridgehead atoms. The second kappa shape index (κ2) is 16.0. The van der Waals surface area contributed by atoms with Crippen LogP contribution in [0.1, 0.15) is 57.4 Å². The summed E-state index contributed by atoms with van der Waals surface area (Å²) in [6.07, 6.45) is 2.54. The highest BCUT2D eigenvalue weighted by Crippen LogP contribution is 2.25. The Morgan fingerprint density at radius 1 is 1.00 bits per heavy atom. The van der Waals surface area contributed by atoms with Crippen molar-refractivity contribution < 1.29 is 38.0 Å². The molecule has 0 amide bonds. The Labute approximate surface area is 209 Å². The molecule has 1 aromatic rings. The molecule has 1 aliphatic rings. The number of hydrogen-bond acceptors (Lipinski definition) is 8. The van der Waals surface area contributed by atoms with Gasteiger partial charge in [-0.15, -0.1) is 0 Å². The Kier molecular flexibility index (Phi) is 13.4. The van der Waals surface area contributed by atoms with E-state index in [1.807, 2.05) is 31.2 Å². The minimum absolute atomic E-state index is 0.120. The minimum atomic E-state index is -0.303. The number of ether oxygens (including phenoxy) is 6. The molecular weight excluding hydrogens is 452 g/mol. The van der Waals surface area contributed by atoms with E-state index >= 15 is 0 Å². The number of methoxy groups -OCH3 is 4. The number of hydrogen-bond donors (Lipinski definition) is 0. The van der Waals surface area contributed by atoms with Crippen molar-refractivity contribution in [3.63, 3.8) is 0 Å². The Morgan fingerprint density at radius 3 is 2.31 bits per heavy atom. The highest BCUT2D eigenvalue weighted by atomic mass is 16.7. The van der Waals surface area contributed by atoms with Crippen molar-refractivity contribution in [3.05, 3.63) is 29.8 Å². The van der Waals surface area contributed by atoms with E-state index in [2.05, 4.69) is 0 Å². The SMILES string of the molecule is COc1ccc(COCC[C@H]2CC(=O)C[C@@H](C[C@@H](CC(=O)[C@@H](C)CCC(OC)OC)OC)O2)cc1. The van der Waals surface area contributed by atoms with Crippen LogP contribution in [0.3, 0.4) is 0 Å². The van der Waals surface area contributed by atoms with E-state index in [0.717, 1.165) is 11.3 Å². The van der Waals surface area contributed by atoms with Gasteiger partial charge in [0, 0.05) is 59.5 Å². The Morgan fingerprint density at radius 2 is 1.69 bits per heavy atom. The highest BCUT2D eigenvalue weighted by molar-refractivity contribution is 5.81. The van der Waals surface area contributed by atoms with E-state index in [4.69, 9.17) is 28.4 Å². The fourth-order valence-corrected chi connectivity index (χ4v) is 4.26. The van der Waals surface area contributed by atoms with Gasteiger partial charge in [0.05, 0.1) is 32.0 Å². The number of Topliss-reactive ketones (excluding diaryl/α,β-unsaturated/α-hetero) is 2. The van der Waals surface area contributed by atoms with Crippen molar-refractivity contribution in [2.75, 3.05) is 35.0 Å². The molecule has 0 saturated carbocycles. The molecular formula is C27H42O8. The van der Waals surface area contributed by atoms with Gasteiger partial charge in [-0.05, 0) is 37.0 Å². The Balaban J connectivity index is 1.74. The largest absolute Gasteiger partial charge is 0.497 e. The predicted octanol–water partition coefficient (Wildman–Crippen LogP) is 4.12. The van der Waals surface area contributed by atoms with E-state index in [1.165, 1.54) is 0 Å². The van der Waals surface area contributed by atoms with Gasteiger partial charge in [-0.3, -0.25) is 9.59 Å². The van der Waals surface area contributed by atoms with Crippen molar-refractivity contribution in [3.8, 4) is 5.75 Å². The third-order valence-electron chi connectivity index (χ3n) is 6.51. The average Bonchev–Trinajstić information content (AvgIpc) is 2.86. The molecule has 0 aromatic heterocycles. The zero-order valence-electron chi connectivity index (χ0n) is 21.8. The quantitative estimate of drug-likeness (QED) is 0.236. The summed E-state index contributed by atoms with van der Waals surface area (Å²) >= 11 is 0. The lowest BCUT2D eigenvalue weighted by atomic mass is 9.92. The lowest BCUT2D eigenvalue weighted by Gasteiger charge is -2.31. The maximum Gasteiger partial charge on any atom is 0.156 e. The number of rotatable bonds is 17. The first-order valence-electron chi connectivity index (χ1n) is 12.4. The van der Waals surface area contributed by atoms with Crippen LogP contribution in [-0.4, -0.2) is 71.2 Å². The van der Waals surface area contributed by atoms with Gasteiger partial charge < -0.3 is 28.4 Å². The first kappa shape index (κ1) is 29.4. The molecule has 8 nitrogen and oxygen atoms in total. The third-order valence-corrected chi connectivity index (χ3v) is 6.51. The third kappa shape index (κ3) is 10.8. The van der Waals surface area contributed by atoms with Crippen LogP contribution in [0.5, 0.6) is 5.75 Å². The highest BCUT2D eigenvalue weighted by Gasteiger charge is 2.31. The van der Waals surface area contributed by atoms with Gasteiger partial charge in [0.15, 0.2) is 6.29 Å². The van der Waals surface area contributed by atoms with Gasteiger partial charge in [0.2, 0.25) is 0 Å². The first-order chi connectivity index (χ1) is 16.9. The normalized spacial score (nSPS) is 20.1. The van der Waals surface area contributed by atoms with Crippen LogP contribution < -0.4 is 4.74 Å². The zero-order valence-corrected chi connectivity index (χ0v) is 21.8. The molecule has 1 aromatic carbocycles. The molecule has 1 heterocycles. The second-order valence-electron chi connectivity index (χ2n) is 9.16. The van der Waals surface area contributed by atoms with Crippen LogP contribution in [0.15, 0.2) is 24.3 Å². The maximum atomic E-state index is 12.7. The molecule has 4 atom stereocenters. The Hall–Kier alpha value is -1.84. The zero-order chi connectivity index (χ0) is 25.6. The molecule has 0 unspecified atom stereocenters. The topological polar surface area (TPSA) is 89.5 Å². The summed E-state index contributed by atoms with van der Waals surface area (Å²) in [6.45, 7) is 2.92. The predicted molar refractivity (Wildman–Crippen MR) is 131 cm³/mol. The fraction of sp³-hybridized carbons (Fsp3) is 0.704. The summed E-state index contributed by atoms with van der Waals surface area (Å²) in [4.78, 5) is 25.0. The van der Waals surface area contributed by atoms with Gasteiger partial charge in [-0.2, -0.15) is 0 Å². The van der Waals surface area contributed by atoms with Gasteiger partial charge in [0.1, 0.15) is 17.3 Å². The summed E-state index contributed by atoms with van der Waals surface area (Å²) < 4.78 is 33.1. The van der Waals surface area contributed by atoms with E-state index in [-0.39, 0.29) is 42.1 Å². The summed E-state index contributed by atoms with van der Waals surface area (Å²) in [5, 5.41) is 0. The number of carbonyl (C=O) groups excluding carboxylic acids is 2. The summed E-state index contributed by atoms with van der Waals surface area (Å²) in [5.74, 6) is 1.00. The van der Waals surface area contributed by atoms with E-state index < -0.39 is 0 Å². The van der Waals surface area contributed by atoms with Crippen molar-refractivity contribution in [1.82, 2.24) is 0 Å². The maximum absolute atomic E-state index is 12.7. The van der Waals surface area contributed by atoms with E-state index in [1.54, 1.807) is 28.4 Å². The number of carbonyl (C=O) groups is 2. The fourth-order valence-electron chi connectivity index (χ4n) is 4.26. The van der Waals surface area contributed by atoms with E-state index in [0.29, 0.717) is 58.2 Å². The smallest absolute Gasteiger partial charge is 0.156 e. The molecule has 2 rings (SSSR count). The molecule has 0 N–H and O–H groups in total. The van der Waals surface area contributed by atoms with Crippen LogP contribution >= 0.6 is 0 Å². The lowest BCUT2D eigenvalue weighted by molar-refractivity contribution is -0.140. The lowest BCUT2D eigenvalue weighted by Crippen LogP contribution is -2.37. The molecule has 0 aliphatic carbocycles. The standard InChI is InChI=1S/C27H42O8/c1-19(6-11-27(32-4)33-5)26(29)17-24(31-3)16-25-15-21(28)14-23(35-25)12-13-34-18-20-7-9-22(30-2)10-8-20/h7-10,19,23-25,27H,6,11-18H2,1-5H3/t19-,23-,24-,25-/m0/s1. The van der Waals surface area contributed by atoms with E-state index in [9.17, 15) is 9.59 Å². The van der Waals surface area contributed by atoms with Crippen molar-refractivity contribution in [1.29, 1.82) is 0 Å². The molecule has 198 valence electrons. The molecule has 35 heavy (non-hydrogen) atoms. The van der Waals surface area contributed by atoms with Crippen molar-refractivity contribution in [2.24, 2.45) is 5.92 Å². The monoisotopic (exact) mass is 494 g/mol. The average molecular weight is 495 g/mol. The van der Waals surface area contributed by atoms with Crippen molar-refractivity contribution in [2.45, 2.75) is 83.1 Å². The van der Waals surface area contributed by atoms with Crippen LogP contribution in [-0.2, 0) is 39.9 Å². The van der Waals surface area contributed by atoms with Gasteiger partial charge >= 0.3 is 0 Å². The van der Waals surface area contributed by atoms with Crippen LogP contribution in [0.4, 0.5) is 0 Å². The molecule has 1 fully saturated rings. The minimum Gasteiger partial charge on any atom is -0.497 e. The van der Waals surface area contributed by atoms with Gasteiger partial charge in [-0.1, -0.05) is 19.1 Å². The number of benzene rings is 1. The molecule has 0 spiro atoms. The molecule has 1 saturated heterocycles. The van der Waals surface area contributed by atoms with Crippen LogP contribution in [0, 0.1) is 5.92 Å². The van der Waals surface area contributed by atoms with Crippen molar-refractivity contribution >= 4 is 11.6 Å². The summed E-state index contributed by atoms with van der Waals surface area (Å²) in [7, 11) is 6.42. The molecule has 8 heteroatoms. The Bertz CT molecular complexity index is 746. The number of ketones is 2. The van der Waals surface area contributed by atoms with Crippen LogP contribution in [0.2, 0.25) is 0 Å². The molecule has 1 aliphatic heterocycles.